The van der Waals surface area contributed by atoms with Crippen LogP contribution in [0.1, 0.15) is 43.2 Å². The van der Waals surface area contributed by atoms with E-state index >= 15 is 0 Å². The highest BCUT2D eigenvalue weighted by atomic mass is 32.1. The SMILES string of the molecule is Cn1nc(-c2ccc(C#N)c(-c3ccc(C#N)cc3)c2)sc1=NC1CCCCC1. The molecule has 3 aromatic rings. The molecular weight excluding hydrogens is 378 g/mol. The molecule has 4 rings (SSSR count). The van der Waals surface area contributed by atoms with Crippen LogP contribution in [0.3, 0.4) is 0 Å². The lowest BCUT2D eigenvalue weighted by molar-refractivity contribution is 0.434. The van der Waals surface area contributed by atoms with E-state index in [0.29, 0.717) is 17.2 Å². The summed E-state index contributed by atoms with van der Waals surface area (Å²) in [5.74, 6) is 0. The summed E-state index contributed by atoms with van der Waals surface area (Å²) in [4.78, 5) is 5.87. The van der Waals surface area contributed by atoms with Crippen LogP contribution in [0.4, 0.5) is 0 Å². The first-order chi connectivity index (χ1) is 14.2. The highest BCUT2D eigenvalue weighted by Gasteiger charge is 2.14. The molecule has 0 bridgehead atoms. The fourth-order valence-electron chi connectivity index (χ4n) is 3.68. The first-order valence-electron chi connectivity index (χ1n) is 9.81. The van der Waals surface area contributed by atoms with Gasteiger partial charge in [-0.15, -0.1) is 0 Å². The van der Waals surface area contributed by atoms with Crippen molar-refractivity contribution in [2.45, 2.75) is 38.1 Å². The summed E-state index contributed by atoms with van der Waals surface area (Å²) >= 11 is 1.59. The Morgan fingerprint density at radius 3 is 2.41 bits per heavy atom. The van der Waals surface area contributed by atoms with Crippen LogP contribution in [0, 0.1) is 22.7 Å². The summed E-state index contributed by atoms with van der Waals surface area (Å²) in [6.45, 7) is 0. The van der Waals surface area contributed by atoms with Gasteiger partial charge in [0.15, 0.2) is 0 Å². The molecule has 0 aliphatic heterocycles. The summed E-state index contributed by atoms with van der Waals surface area (Å²) in [7, 11) is 1.94. The van der Waals surface area contributed by atoms with Gasteiger partial charge in [-0.1, -0.05) is 48.8 Å². The van der Waals surface area contributed by atoms with E-state index in [0.717, 1.165) is 39.3 Å². The molecule has 5 nitrogen and oxygen atoms in total. The molecule has 1 fully saturated rings. The van der Waals surface area contributed by atoms with Gasteiger partial charge in [-0.3, -0.25) is 4.99 Å². The lowest BCUT2D eigenvalue weighted by Gasteiger charge is -2.16. The molecule has 29 heavy (non-hydrogen) atoms. The molecule has 0 N–H and O–H groups in total. The second-order valence-electron chi connectivity index (χ2n) is 7.30. The average Bonchev–Trinajstić information content (AvgIpc) is 3.14. The Kier molecular flexibility index (Phi) is 5.55. The molecule has 0 spiro atoms. The maximum Gasteiger partial charge on any atom is 0.203 e. The van der Waals surface area contributed by atoms with E-state index in [1.807, 2.05) is 42.1 Å². The quantitative estimate of drug-likeness (QED) is 0.635. The number of aryl methyl sites for hydroxylation is 1. The minimum Gasteiger partial charge on any atom is -0.254 e. The van der Waals surface area contributed by atoms with Crippen LogP contribution in [0.5, 0.6) is 0 Å². The maximum atomic E-state index is 9.54. The van der Waals surface area contributed by atoms with Crippen molar-refractivity contribution in [1.29, 1.82) is 10.5 Å². The zero-order valence-corrected chi connectivity index (χ0v) is 17.1. The van der Waals surface area contributed by atoms with Crippen molar-refractivity contribution in [3.8, 4) is 33.8 Å². The van der Waals surface area contributed by atoms with Crippen molar-refractivity contribution >= 4 is 11.3 Å². The maximum absolute atomic E-state index is 9.54. The molecule has 1 aromatic heterocycles. The zero-order chi connectivity index (χ0) is 20.2. The van der Waals surface area contributed by atoms with E-state index < -0.39 is 0 Å². The highest BCUT2D eigenvalue weighted by Crippen LogP contribution is 2.30. The summed E-state index contributed by atoms with van der Waals surface area (Å²) < 4.78 is 1.86. The van der Waals surface area contributed by atoms with Crippen LogP contribution in [-0.2, 0) is 7.05 Å². The average molecular weight is 400 g/mol. The van der Waals surface area contributed by atoms with E-state index in [1.54, 1.807) is 23.5 Å². The monoisotopic (exact) mass is 399 g/mol. The third-order valence-electron chi connectivity index (χ3n) is 5.29. The number of hydrogen-bond acceptors (Lipinski definition) is 5. The third kappa shape index (κ3) is 4.13. The van der Waals surface area contributed by atoms with Crippen molar-refractivity contribution in [3.63, 3.8) is 0 Å². The lowest BCUT2D eigenvalue weighted by atomic mass is 9.96. The summed E-state index contributed by atoms with van der Waals surface area (Å²) in [5, 5.41) is 24.1. The van der Waals surface area contributed by atoms with Gasteiger partial charge >= 0.3 is 0 Å². The van der Waals surface area contributed by atoms with Gasteiger partial charge in [0, 0.05) is 18.2 Å². The first-order valence-corrected chi connectivity index (χ1v) is 10.6. The van der Waals surface area contributed by atoms with Gasteiger partial charge in [-0.25, -0.2) is 4.68 Å². The number of rotatable bonds is 3. The molecule has 1 aliphatic carbocycles. The first kappa shape index (κ1) is 19.1. The smallest absolute Gasteiger partial charge is 0.203 e. The van der Waals surface area contributed by atoms with E-state index in [1.165, 1.54) is 19.3 Å². The van der Waals surface area contributed by atoms with Crippen LogP contribution in [0.2, 0.25) is 0 Å². The van der Waals surface area contributed by atoms with Gasteiger partial charge in [0.2, 0.25) is 4.80 Å². The number of hydrogen-bond donors (Lipinski definition) is 0. The predicted octanol–water partition coefficient (Wildman–Crippen LogP) is 4.79. The van der Waals surface area contributed by atoms with Gasteiger partial charge in [-0.2, -0.15) is 15.6 Å². The minimum absolute atomic E-state index is 0.401. The Bertz CT molecular complexity index is 1170. The number of benzene rings is 2. The number of nitrogens with zero attached hydrogens (tertiary/aromatic N) is 5. The second-order valence-corrected chi connectivity index (χ2v) is 8.25. The van der Waals surface area contributed by atoms with E-state index in [4.69, 9.17) is 10.3 Å². The normalized spacial score (nSPS) is 15.1. The molecular formula is C23H21N5S. The zero-order valence-electron chi connectivity index (χ0n) is 16.3. The van der Waals surface area contributed by atoms with Crippen molar-refractivity contribution in [1.82, 2.24) is 9.78 Å². The molecule has 0 amide bonds. The summed E-state index contributed by atoms with van der Waals surface area (Å²) in [6, 6.07) is 17.9. The molecule has 2 aromatic carbocycles. The number of nitriles is 2. The number of aromatic nitrogens is 2. The molecule has 0 radical (unpaired) electrons. The Morgan fingerprint density at radius 2 is 1.72 bits per heavy atom. The lowest BCUT2D eigenvalue weighted by Crippen LogP contribution is -2.18. The fraction of sp³-hybridized carbons (Fsp3) is 0.304. The van der Waals surface area contributed by atoms with Crippen LogP contribution in [0.15, 0.2) is 47.5 Å². The third-order valence-corrected chi connectivity index (χ3v) is 6.35. The molecule has 1 saturated carbocycles. The largest absolute Gasteiger partial charge is 0.254 e. The van der Waals surface area contributed by atoms with Gasteiger partial charge in [0.1, 0.15) is 5.01 Å². The van der Waals surface area contributed by atoms with Crippen LogP contribution in [0.25, 0.3) is 21.7 Å². The van der Waals surface area contributed by atoms with Crippen LogP contribution < -0.4 is 4.80 Å². The van der Waals surface area contributed by atoms with Gasteiger partial charge in [0.05, 0.1) is 29.3 Å². The van der Waals surface area contributed by atoms with E-state index in [2.05, 4.69) is 17.2 Å². The standard InChI is InChI=1S/C23H21N5S/c1-28-23(26-20-5-3-2-4-6-20)29-22(27-28)18-11-12-19(15-25)21(13-18)17-9-7-16(14-24)8-10-17/h7-13,20H,2-6H2,1H3. The Hall–Kier alpha value is -3.22. The van der Waals surface area contributed by atoms with Crippen LogP contribution >= 0.6 is 11.3 Å². The Balaban J connectivity index is 1.72. The molecule has 6 heteroatoms. The van der Waals surface area contributed by atoms with Gasteiger partial charge in [0.25, 0.3) is 0 Å². The molecule has 0 saturated heterocycles. The van der Waals surface area contributed by atoms with Crippen molar-refractivity contribution in [2.75, 3.05) is 0 Å². The molecule has 144 valence electrons. The van der Waals surface area contributed by atoms with Gasteiger partial charge < -0.3 is 0 Å². The fourth-order valence-corrected chi connectivity index (χ4v) is 4.64. The topological polar surface area (TPSA) is 77.8 Å². The Labute approximate surface area is 174 Å². The van der Waals surface area contributed by atoms with E-state index in [9.17, 15) is 5.26 Å². The molecule has 1 heterocycles. The van der Waals surface area contributed by atoms with E-state index in [-0.39, 0.29) is 0 Å². The summed E-state index contributed by atoms with van der Waals surface area (Å²) in [5.41, 5.74) is 3.93. The van der Waals surface area contributed by atoms with Crippen molar-refractivity contribution in [3.05, 3.63) is 58.4 Å². The Morgan fingerprint density at radius 1 is 1.00 bits per heavy atom. The summed E-state index contributed by atoms with van der Waals surface area (Å²) in [6.07, 6.45) is 6.15. The molecule has 0 atom stereocenters. The highest BCUT2D eigenvalue weighted by molar-refractivity contribution is 7.12. The van der Waals surface area contributed by atoms with Crippen molar-refractivity contribution in [2.24, 2.45) is 12.0 Å². The predicted molar refractivity (Wildman–Crippen MR) is 114 cm³/mol. The van der Waals surface area contributed by atoms with Gasteiger partial charge in [-0.05, 0) is 42.7 Å². The van der Waals surface area contributed by atoms with Crippen molar-refractivity contribution < 1.29 is 0 Å². The molecule has 1 aliphatic rings. The minimum atomic E-state index is 0.401. The molecule has 0 unspecified atom stereocenters. The second kappa shape index (κ2) is 8.43. The van der Waals surface area contributed by atoms with Crippen LogP contribution in [-0.4, -0.2) is 15.8 Å².